The quantitative estimate of drug-likeness (QED) is 0.467. The number of likely N-dealkylation sites (tertiary alicyclic amines) is 1. The molecule has 0 saturated carbocycles. The Labute approximate surface area is 204 Å². The topological polar surface area (TPSA) is 105 Å². The van der Waals surface area contributed by atoms with Crippen LogP contribution in [0.1, 0.15) is 30.1 Å². The number of benzene rings is 1. The summed E-state index contributed by atoms with van der Waals surface area (Å²) >= 11 is 0. The Morgan fingerprint density at radius 3 is 2.74 bits per heavy atom. The van der Waals surface area contributed by atoms with Gasteiger partial charge in [-0.1, -0.05) is 18.2 Å². The van der Waals surface area contributed by atoms with Gasteiger partial charge in [0.2, 0.25) is 5.91 Å². The number of carbonyl (C=O) groups is 2. The van der Waals surface area contributed by atoms with E-state index in [0.717, 1.165) is 51.4 Å². The van der Waals surface area contributed by atoms with Crippen LogP contribution < -0.4 is 5.32 Å². The van der Waals surface area contributed by atoms with E-state index in [1.165, 1.54) is 0 Å². The number of amides is 1. The lowest BCUT2D eigenvalue weighted by molar-refractivity contribution is -0.127. The molecule has 0 bridgehead atoms. The highest BCUT2D eigenvalue weighted by molar-refractivity contribution is 5.95. The van der Waals surface area contributed by atoms with Crippen LogP contribution in [0.4, 0.5) is 5.82 Å². The summed E-state index contributed by atoms with van der Waals surface area (Å²) in [5.41, 5.74) is 2.81. The molecule has 35 heavy (non-hydrogen) atoms. The van der Waals surface area contributed by atoms with Crippen molar-refractivity contribution in [3.8, 4) is 11.4 Å². The second kappa shape index (κ2) is 10.5. The van der Waals surface area contributed by atoms with Crippen LogP contribution in [0, 0.1) is 0 Å². The van der Waals surface area contributed by atoms with E-state index in [4.69, 9.17) is 14.7 Å². The van der Waals surface area contributed by atoms with Gasteiger partial charge >= 0.3 is 0 Å². The van der Waals surface area contributed by atoms with Crippen molar-refractivity contribution in [3.05, 3.63) is 36.2 Å². The van der Waals surface area contributed by atoms with Gasteiger partial charge in [-0.25, -0.2) is 15.0 Å². The van der Waals surface area contributed by atoms with E-state index in [1.807, 2.05) is 27.7 Å². The fraction of sp³-hybridized carbons (Fsp3) is 0.480. The van der Waals surface area contributed by atoms with E-state index >= 15 is 0 Å². The fourth-order valence-corrected chi connectivity index (χ4v) is 4.56. The number of nitrogens with one attached hydrogen (secondary N) is 1. The number of hydrogen-bond acceptors (Lipinski definition) is 8. The van der Waals surface area contributed by atoms with Gasteiger partial charge in [-0.3, -0.25) is 14.5 Å². The van der Waals surface area contributed by atoms with Crippen LogP contribution in [0.15, 0.2) is 30.6 Å². The molecule has 5 rings (SSSR count). The van der Waals surface area contributed by atoms with E-state index in [0.29, 0.717) is 54.4 Å². The summed E-state index contributed by atoms with van der Waals surface area (Å²) in [7, 11) is 0. The van der Waals surface area contributed by atoms with Gasteiger partial charge < -0.3 is 19.5 Å². The molecule has 2 fully saturated rings. The molecule has 10 nitrogen and oxygen atoms in total. The lowest BCUT2D eigenvalue weighted by Gasteiger charge is -2.26. The summed E-state index contributed by atoms with van der Waals surface area (Å²) in [5, 5.41) is 3.46. The van der Waals surface area contributed by atoms with E-state index < -0.39 is 0 Å². The highest BCUT2D eigenvalue weighted by Crippen LogP contribution is 2.25. The number of ether oxygens (including phenoxy) is 1. The summed E-state index contributed by atoms with van der Waals surface area (Å²) in [6, 6.07) is 7.38. The standard InChI is InChI=1S/C25H31N7O3/c1-18(33)19-4-2-5-20(16-19)23-28-24(26-7-9-30-12-14-35-15-13-30)22-25(29-23)32(17-27-22)11-10-31-8-3-6-21(31)34/h2,4-5,16-17H,3,6-15H2,1H3,(H,26,28,29). The van der Waals surface area contributed by atoms with Gasteiger partial charge in [0.15, 0.2) is 23.1 Å². The van der Waals surface area contributed by atoms with Gasteiger partial charge in [-0.2, -0.15) is 0 Å². The Hall–Kier alpha value is -3.37. The number of carbonyl (C=O) groups excluding carboxylic acids is 2. The van der Waals surface area contributed by atoms with Crippen molar-refractivity contribution in [2.24, 2.45) is 0 Å². The zero-order chi connectivity index (χ0) is 24.2. The molecule has 184 valence electrons. The van der Waals surface area contributed by atoms with Crippen molar-refractivity contribution in [1.82, 2.24) is 29.3 Å². The molecule has 1 N–H and O–H groups in total. The van der Waals surface area contributed by atoms with Crippen LogP contribution >= 0.6 is 0 Å². The highest BCUT2D eigenvalue weighted by Gasteiger charge is 2.21. The third kappa shape index (κ3) is 5.33. The number of rotatable bonds is 9. The number of anilines is 1. The highest BCUT2D eigenvalue weighted by atomic mass is 16.5. The Kier molecular flexibility index (Phi) is 7.01. The van der Waals surface area contributed by atoms with Gasteiger partial charge in [0.25, 0.3) is 0 Å². The van der Waals surface area contributed by atoms with E-state index in [9.17, 15) is 9.59 Å². The molecule has 1 amide bonds. The van der Waals surface area contributed by atoms with Crippen LogP contribution in [-0.2, 0) is 16.1 Å². The first-order valence-electron chi connectivity index (χ1n) is 12.2. The molecule has 0 radical (unpaired) electrons. The number of aromatic nitrogens is 4. The van der Waals surface area contributed by atoms with Gasteiger partial charge in [0.1, 0.15) is 5.52 Å². The predicted molar refractivity (Wildman–Crippen MR) is 132 cm³/mol. The van der Waals surface area contributed by atoms with E-state index in [1.54, 1.807) is 19.3 Å². The smallest absolute Gasteiger partial charge is 0.222 e. The van der Waals surface area contributed by atoms with E-state index in [-0.39, 0.29) is 11.7 Å². The summed E-state index contributed by atoms with van der Waals surface area (Å²) in [5.74, 6) is 1.41. The molecule has 2 aliphatic rings. The maximum absolute atomic E-state index is 12.1. The maximum atomic E-state index is 12.1. The Balaban J connectivity index is 1.43. The minimum absolute atomic E-state index is 0.00268. The molecule has 2 aliphatic heterocycles. The number of hydrogen-bond donors (Lipinski definition) is 1. The Bertz CT molecular complexity index is 1220. The summed E-state index contributed by atoms with van der Waals surface area (Å²) in [6.45, 7) is 8.56. The molecule has 4 heterocycles. The van der Waals surface area contributed by atoms with E-state index in [2.05, 4.69) is 15.2 Å². The average molecular weight is 478 g/mol. The summed E-state index contributed by atoms with van der Waals surface area (Å²) < 4.78 is 7.42. The molecule has 0 aliphatic carbocycles. The van der Waals surface area contributed by atoms with Gasteiger partial charge in [0, 0.05) is 63.4 Å². The van der Waals surface area contributed by atoms with Crippen LogP contribution in [0.25, 0.3) is 22.6 Å². The van der Waals surface area contributed by atoms with Crippen LogP contribution in [0.3, 0.4) is 0 Å². The predicted octanol–water partition coefficient (Wildman–Crippen LogP) is 2.06. The first-order valence-corrected chi connectivity index (χ1v) is 12.2. The SMILES string of the molecule is CC(=O)c1cccc(-c2nc(NCCN3CCOCC3)c3ncn(CCN4CCCC4=O)c3n2)c1. The average Bonchev–Trinajstić information content (AvgIpc) is 3.49. The Morgan fingerprint density at radius 1 is 1.11 bits per heavy atom. The zero-order valence-electron chi connectivity index (χ0n) is 20.1. The van der Waals surface area contributed by atoms with Crippen molar-refractivity contribution in [3.63, 3.8) is 0 Å². The first-order chi connectivity index (χ1) is 17.1. The molecule has 2 aromatic heterocycles. The van der Waals surface area contributed by atoms with Gasteiger partial charge in [-0.05, 0) is 19.4 Å². The van der Waals surface area contributed by atoms with Crippen molar-refractivity contribution in [1.29, 1.82) is 0 Å². The second-order valence-corrected chi connectivity index (χ2v) is 9.01. The molecule has 0 spiro atoms. The number of nitrogens with zero attached hydrogens (tertiary/aromatic N) is 6. The van der Waals surface area contributed by atoms with Crippen LogP contribution in [0.5, 0.6) is 0 Å². The van der Waals surface area contributed by atoms with Gasteiger partial charge in [0.05, 0.1) is 19.5 Å². The molecule has 0 unspecified atom stereocenters. The number of morpholine rings is 1. The monoisotopic (exact) mass is 477 g/mol. The number of imidazole rings is 1. The molecular weight excluding hydrogens is 446 g/mol. The zero-order valence-corrected chi connectivity index (χ0v) is 20.1. The summed E-state index contributed by atoms with van der Waals surface area (Å²) in [4.78, 5) is 42.5. The van der Waals surface area contributed by atoms with Crippen LogP contribution in [0.2, 0.25) is 0 Å². The van der Waals surface area contributed by atoms with Crippen molar-refractivity contribution in [2.45, 2.75) is 26.3 Å². The van der Waals surface area contributed by atoms with Crippen molar-refractivity contribution in [2.75, 3.05) is 57.8 Å². The number of Topliss-reactive ketones (excluding diaryl/α,β-unsaturated/α-hetero) is 1. The lowest BCUT2D eigenvalue weighted by Crippen LogP contribution is -2.39. The first kappa shape index (κ1) is 23.4. The normalized spacial score (nSPS) is 16.8. The van der Waals surface area contributed by atoms with Crippen molar-refractivity contribution >= 4 is 28.7 Å². The molecule has 3 aromatic rings. The molecule has 2 saturated heterocycles. The molecule has 10 heteroatoms. The minimum Gasteiger partial charge on any atom is -0.379 e. The van der Waals surface area contributed by atoms with Gasteiger partial charge in [-0.15, -0.1) is 0 Å². The lowest BCUT2D eigenvalue weighted by atomic mass is 10.1. The molecule has 1 aromatic carbocycles. The molecule has 0 atom stereocenters. The second-order valence-electron chi connectivity index (χ2n) is 9.01. The third-order valence-electron chi connectivity index (χ3n) is 6.60. The minimum atomic E-state index is -0.00268. The summed E-state index contributed by atoms with van der Waals surface area (Å²) in [6.07, 6.45) is 3.31. The number of fused-ring (bicyclic) bond motifs is 1. The maximum Gasteiger partial charge on any atom is 0.222 e. The fourth-order valence-electron chi connectivity index (χ4n) is 4.56. The largest absolute Gasteiger partial charge is 0.379 e. The molecular formula is C25H31N7O3. The van der Waals surface area contributed by atoms with Crippen molar-refractivity contribution < 1.29 is 14.3 Å². The number of ketones is 1. The third-order valence-corrected chi connectivity index (χ3v) is 6.60. The Morgan fingerprint density at radius 2 is 1.97 bits per heavy atom. The van der Waals surface area contributed by atoms with Crippen LogP contribution in [-0.4, -0.2) is 93.5 Å².